The molecule has 1 aromatic rings. The van der Waals surface area contributed by atoms with Crippen LogP contribution in [0.1, 0.15) is 78.1 Å². The second-order valence-electron chi connectivity index (χ2n) is 10.2. The van der Waals surface area contributed by atoms with Crippen LogP contribution in [0.3, 0.4) is 0 Å². The molecule has 2 fully saturated rings. The van der Waals surface area contributed by atoms with Gasteiger partial charge in [-0.05, 0) is 89.8 Å². The van der Waals surface area contributed by atoms with E-state index in [0.29, 0.717) is 18.0 Å². The number of amides is 1. The number of likely N-dealkylation sites (tertiary alicyclic amines) is 1. The van der Waals surface area contributed by atoms with Crippen molar-refractivity contribution in [2.45, 2.75) is 102 Å². The summed E-state index contributed by atoms with van der Waals surface area (Å²) < 4.78 is 6.16. The van der Waals surface area contributed by atoms with Crippen LogP contribution in [-0.2, 0) is 4.79 Å². The molecule has 5 heteroatoms. The number of ether oxygens (including phenoxy) is 1. The normalized spacial score (nSPS) is 31.5. The van der Waals surface area contributed by atoms with E-state index < -0.39 is 0 Å². The fraction of sp³-hybridized carbons (Fsp3) is 0.731. The highest BCUT2D eigenvalue weighted by molar-refractivity contribution is 6.00. The zero-order valence-electron chi connectivity index (χ0n) is 19.5. The van der Waals surface area contributed by atoms with E-state index in [1.807, 2.05) is 29.2 Å². The Morgan fingerprint density at radius 2 is 1.74 bits per heavy atom. The summed E-state index contributed by atoms with van der Waals surface area (Å²) in [4.78, 5) is 18.0. The molecule has 3 aliphatic rings. The van der Waals surface area contributed by atoms with Gasteiger partial charge in [0.1, 0.15) is 5.75 Å². The number of unbranched alkanes of at least 4 members (excludes halogenated alkanes) is 2. The molecular formula is C26H41N3O2. The van der Waals surface area contributed by atoms with Gasteiger partial charge in [0.2, 0.25) is 0 Å². The number of anilines is 1. The molecule has 4 rings (SSSR count). The van der Waals surface area contributed by atoms with Crippen molar-refractivity contribution in [2.75, 3.05) is 18.0 Å². The SMILES string of the molecule is C[C@@H]1CCC[C@H](C)N1CCCCCN1C(=O)C(CC2CCC(N)C2)Oc2ccccc21. The summed E-state index contributed by atoms with van der Waals surface area (Å²) in [6.45, 7) is 6.71. The molecule has 0 radical (unpaired) electrons. The second-order valence-corrected chi connectivity index (χ2v) is 10.2. The van der Waals surface area contributed by atoms with Crippen molar-refractivity contribution in [1.82, 2.24) is 4.90 Å². The molecular weight excluding hydrogens is 386 g/mol. The number of rotatable bonds is 8. The van der Waals surface area contributed by atoms with E-state index in [1.165, 1.54) is 32.2 Å². The number of nitrogens with two attached hydrogens (primary N) is 1. The van der Waals surface area contributed by atoms with E-state index in [0.717, 1.165) is 56.5 Å². The van der Waals surface area contributed by atoms with E-state index in [2.05, 4.69) is 18.7 Å². The fourth-order valence-corrected chi connectivity index (χ4v) is 5.94. The van der Waals surface area contributed by atoms with Crippen molar-refractivity contribution in [3.8, 4) is 5.75 Å². The summed E-state index contributed by atoms with van der Waals surface area (Å²) in [5.41, 5.74) is 7.03. The number of fused-ring (bicyclic) bond motifs is 1. The van der Waals surface area contributed by atoms with Crippen molar-refractivity contribution in [1.29, 1.82) is 0 Å². The first kappa shape index (κ1) is 22.6. The van der Waals surface area contributed by atoms with Crippen LogP contribution in [0.25, 0.3) is 0 Å². The molecule has 2 heterocycles. The summed E-state index contributed by atoms with van der Waals surface area (Å²) in [7, 11) is 0. The molecule has 3 unspecified atom stereocenters. The lowest BCUT2D eigenvalue weighted by Gasteiger charge is -2.39. The summed E-state index contributed by atoms with van der Waals surface area (Å²) >= 11 is 0. The molecule has 31 heavy (non-hydrogen) atoms. The van der Waals surface area contributed by atoms with Crippen LogP contribution >= 0.6 is 0 Å². The minimum Gasteiger partial charge on any atom is -0.478 e. The Morgan fingerprint density at radius 3 is 2.48 bits per heavy atom. The smallest absolute Gasteiger partial charge is 0.268 e. The minimum atomic E-state index is -0.361. The van der Waals surface area contributed by atoms with Crippen molar-refractivity contribution >= 4 is 11.6 Å². The van der Waals surface area contributed by atoms with Crippen LogP contribution in [0, 0.1) is 5.92 Å². The number of para-hydroxylation sites is 2. The summed E-state index contributed by atoms with van der Waals surface area (Å²) in [5.74, 6) is 1.49. The van der Waals surface area contributed by atoms with Gasteiger partial charge in [-0.3, -0.25) is 9.69 Å². The first-order valence-corrected chi connectivity index (χ1v) is 12.6. The topological polar surface area (TPSA) is 58.8 Å². The quantitative estimate of drug-likeness (QED) is 0.609. The molecule has 1 amide bonds. The second kappa shape index (κ2) is 10.4. The third-order valence-corrected chi connectivity index (χ3v) is 7.77. The summed E-state index contributed by atoms with van der Waals surface area (Å²) in [6.07, 6.45) is 11.1. The van der Waals surface area contributed by atoms with E-state index in [9.17, 15) is 4.79 Å². The largest absolute Gasteiger partial charge is 0.478 e. The van der Waals surface area contributed by atoms with Crippen LogP contribution in [0.15, 0.2) is 24.3 Å². The third-order valence-electron chi connectivity index (χ3n) is 7.77. The molecule has 5 nitrogen and oxygen atoms in total. The number of hydrogen-bond donors (Lipinski definition) is 1. The van der Waals surface area contributed by atoms with Gasteiger partial charge in [0.25, 0.3) is 5.91 Å². The monoisotopic (exact) mass is 427 g/mol. The number of hydrogen-bond acceptors (Lipinski definition) is 4. The Morgan fingerprint density at radius 1 is 1.00 bits per heavy atom. The number of piperidine rings is 1. The van der Waals surface area contributed by atoms with Crippen LogP contribution in [0.4, 0.5) is 5.69 Å². The van der Waals surface area contributed by atoms with Gasteiger partial charge in [0.15, 0.2) is 6.10 Å². The maximum Gasteiger partial charge on any atom is 0.268 e. The van der Waals surface area contributed by atoms with Crippen LogP contribution in [0.5, 0.6) is 5.75 Å². The minimum absolute atomic E-state index is 0.137. The van der Waals surface area contributed by atoms with E-state index >= 15 is 0 Å². The van der Waals surface area contributed by atoms with Crippen LogP contribution in [0.2, 0.25) is 0 Å². The molecule has 0 aromatic heterocycles. The molecule has 1 saturated carbocycles. The van der Waals surface area contributed by atoms with Crippen molar-refractivity contribution in [3.63, 3.8) is 0 Å². The predicted molar refractivity (Wildman–Crippen MR) is 126 cm³/mol. The number of nitrogens with zero attached hydrogens (tertiary/aromatic N) is 2. The Bertz CT molecular complexity index is 729. The predicted octanol–water partition coefficient (Wildman–Crippen LogP) is 4.73. The Labute approximate surface area is 188 Å². The highest BCUT2D eigenvalue weighted by Crippen LogP contribution is 2.37. The molecule has 0 bridgehead atoms. The Balaban J connectivity index is 1.31. The van der Waals surface area contributed by atoms with Crippen LogP contribution < -0.4 is 15.4 Å². The average Bonchev–Trinajstić information content (AvgIpc) is 3.16. The average molecular weight is 428 g/mol. The first-order valence-electron chi connectivity index (χ1n) is 12.6. The molecule has 5 atom stereocenters. The third kappa shape index (κ3) is 5.43. The Hall–Kier alpha value is -1.59. The molecule has 1 saturated heterocycles. The lowest BCUT2D eigenvalue weighted by atomic mass is 9.97. The molecule has 1 aliphatic carbocycles. The van der Waals surface area contributed by atoms with Crippen molar-refractivity contribution in [3.05, 3.63) is 24.3 Å². The van der Waals surface area contributed by atoms with Crippen molar-refractivity contribution in [2.24, 2.45) is 11.7 Å². The van der Waals surface area contributed by atoms with Gasteiger partial charge in [-0.25, -0.2) is 0 Å². The van der Waals surface area contributed by atoms with Gasteiger partial charge < -0.3 is 15.4 Å². The van der Waals surface area contributed by atoms with E-state index in [1.54, 1.807) is 0 Å². The maximum absolute atomic E-state index is 13.3. The number of carbonyl (C=O) groups excluding carboxylic acids is 1. The van der Waals surface area contributed by atoms with Gasteiger partial charge in [0, 0.05) is 24.7 Å². The maximum atomic E-state index is 13.3. The van der Waals surface area contributed by atoms with E-state index in [4.69, 9.17) is 10.5 Å². The summed E-state index contributed by atoms with van der Waals surface area (Å²) in [6, 6.07) is 9.72. The Kier molecular flexibility index (Phi) is 7.55. The zero-order chi connectivity index (χ0) is 21.8. The van der Waals surface area contributed by atoms with Gasteiger partial charge in [0.05, 0.1) is 5.69 Å². The van der Waals surface area contributed by atoms with Crippen LogP contribution in [-0.4, -0.2) is 48.1 Å². The molecule has 2 N–H and O–H groups in total. The number of benzene rings is 1. The summed E-state index contributed by atoms with van der Waals surface area (Å²) in [5, 5.41) is 0. The number of carbonyl (C=O) groups is 1. The zero-order valence-corrected chi connectivity index (χ0v) is 19.5. The fourth-order valence-electron chi connectivity index (χ4n) is 5.94. The van der Waals surface area contributed by atoms with Crippen molar-refractivity contribution < 1.29 is 9.53 Å². The van der Waals surface area contributed by atoms with Gasteiger partial charge in [-0.2, -0.15) is 0 Å². The molecule has 1 aromatic carbocycles. The molecule has 2 aliphatic heterocycles. The molecule has 172 valence electrons. The highest BCUT2D eigenvalue weighted by atomic mass is 16.5. The van der Waals surface area contributed by atoms with Gasteiger partial charge in [-0.1, -0.05) is 25.0 Å². The highest BCUT2D eigenvalue weighted by Gasteiger charge is 2.37. The molecule has 0 spiro atoms. The lowest BCUT2D eigenvalue weighted by Crippen LogP contribution is -2.47. The standard InChI is InChI=1S/C26H41N3O2/c1-19-9-8-10-20(2)28(19)15-6-3-7-16-29-23-11-4-5-12-24(23)31-25(26(29)30)18-21-13-14-22(27)17-21/h4-5,11-12,19-22,25H,3,6-10,13-18,27H2,1-2H3/t19-,20+,21?,22?,25?. The lowest BCUT2D eigenvalue weighted by molar-refractivity contribution is -0.127. The van der Waals surface area contributed by atoms with Gasteiger partial charge in [-0.15, -0.1) is 0 Å². The first-order chi connectivity index (χ1) is 15.0. The van der Waals surface area contributed by atoms with Gasteiger partial charge >= 0.3 is 0 Å². The van der Waals surface area contributed by atoms with E-state index in [-0.39, 0.29) is 18.1 Å².